The Morgan fingerprint density at radius 2 is 1.04 bits per heavy atom. The van der Waals surface area contributed by atoms with E-state index in [0.29, 0.717) is 29.5 Å². The first-order valence-electron chi connectivity index (χ1n) is 24.8. The minimum Gasteiger partial charge on any atom is -0.497 e. The number of benzene rings is 6. The number of carbonyl (C=O) groups excluding carboxylic acids is 2. The highest BCUT2D eigenvalue weighted by atomic mass is 16.5. The quantitative estimate of drug-likeness (QED) is 0.0812. The van der Waals surface area contributed by atoms with Crippen LogP contribution in [-0.4, -0.2) is 76.8 Å². The van der Waals surface area contributed by atoms with Crippen LogP contribution in [0, 0.1) is 34.6 Å². The Bertz CT molecular complexity index is 3950. The number of amides is 3. The predicted molar refractivity (Wildman–Crippen MR) is 308 cm³/mol. The van der Waals surface area contributed by atoms with Crippen LogP contribution in [-0.2, 0) is 6.42 Å². The topological polar surface area (TPSA) is 207 Å². The van der Waals surface area contributed by atoms with Crippen molar-refractivity contribution in [3.05, 3.63) is 179 Å². The van der Waals surface area contributed by atoms with Crippen molar-refractivity contribution >= 4 is 88.7 Å². The van der Waals surface area contributed by atoms with Crippen LogP contribution < -0.4 is 34.9 Å². The summed E-state index contributed by atoms with van der Waals surface area (Å²) < 4.78 is 21.1. The fourth-order valence-electron chi connectivity index (χ4n) is 9.72. The molecule has 3 amide bonds. The maximum atomic E-state index is 12.4. The van der Waals surface area contributed by atoms with Crippen molar-refractivity contribution in [1.82, 2.24) is 29.9 Å². The zero-order valence-electron chi connectivity index (χ0n) is 44.2. The summed E-state index contributed by atoms with van der Waals surface area (Å²) in [5.74, 6) is 2.72. The highest BCUT2D eigenvalue weighted by molar-refractivity contribution is 6.07. The van der Waals surface area contributed by atoms with Gasteiger partial charge in [-0.25, -0.2) is 4.79 Å². The summed E-state index contributed by atoms with van der Waals surface area (Å²) in [5, 5.41) is 9.81. The standard InChI is InChI=1S/C18H15N3O.C12H13N3O.C12H15NO3.C10H11NO.C9H9N/c1-11-8-13-9-14(6-7-16(13)19-11)20-18(22)17-10-12-4-2-3-5-15(12)21-17;1-7-6-9-8-4-5-15(12(13)16)11(8)3-2-10(9)14-7;1-7-5-8-6-9(14-2)11(15-3)12(16-4)10(8)13-7;1-7-5-8-6-9(12-2)3-4-10(8)11-7;1-7-6-8-4-2-3-5-9(8)10-7/h2-10,19,21H,1H3,(H,20,22);2-3,6,14H,4-5H2,1H3,(H2,13,16);5-6,13H,1-4H3;3-6,11H,1-2H3;2-6,10H,1H3. The molecule has 12 aromatic rings. The monoisotopic (exact) mass is 1020 g/mol. The minimum absolute atomic E-state index is 0.136. The largest absolute Gasteiger partial charge is 0.497 e. The van der Waals surface area contributed by atoms with Crippen LogP contribution in [0.25, 0.3) is 65.4 Å². The zero-order chi connectivity index (χ0) is 53.6. The van der Waals surface area contributed by atoms with Gasteiger partial charge in [-0.05, 0) is 155 Å². The summed E-state index contributed by atoms with van der Waals surface area (Å²) in [6, 6.07) is 45.9. The molecule has 0 unspecified atom stereocenters. The Morgan fingerprint density at radius 3 is 1.66 bits per heavy atom. The number of hydrogen-bond acceptors (Lipinski definition) is 6. The number of rotatable bonds is 6. The molecule has 0 atom stereocenters. The van der Waals surface area contributed by atoms with Crippen molar-refractivity contribution in [2.75, 3.05) is 45.2 Å². The second-order valence-electron chi connectivity index (χ2n) is 18.7. The van der Waals surface area contributed by atoms with Gasteiger partial charge in [0.1, 0.15) is 11.4 Å². The zero-order valence-corrected chi connectivity index (χ0v) is 44.2. The molecule has 6 aromatic carbocycles. The lowest BCUT2D eigenvalue weighted by Crippen LogP contribution is -2.33. The molecule has 7 heterocycles. The molecule has 15 nitrogen and oxygen atoms in total. The van der Waals surface area contributed by atoms with Gasteiger partial charge < -0.3 is 59.9 Å². The number of primary amides is 1. The van der Waals surface area contributed by atoms with Gasteiger partial charge in [0.25, 0.3) is 5.91 Å². The third-order valence-electron chi connectivity index (χ3n) is 13.1. The van der Waals surface area contributed by atoms with Crippen LogP contribution >= 0.6 is 0 Å². The van der Waals surface area contributed by atoms with Crippen LogP contribution in [0.15, 0.2) is 140 Å². The molecule has 1 aliphatic heterocycles. The fourth-order valence-corrected chi connectivity index (χ4v) is 9.72. The highest BCUT2D eigenvalue weighted by Crippen LogP contribution is 2.43. The lowest BCUT2D eigenvalue weighted by molar-refractivity contribution is 0.102. The van der Waals surface area contributed by atoms with E-state index in [-0.39, 0.29) is 11.9 Å². The Morgan fingerprint density at radius 1 is 0.500 bits per heavy atom. The Balaban J connectivity index is 0.000000119. The summed E-state index contributed by atoms with van der Waals surface area (Å²) in [4.78, 5) is 44.7. The molecule has 388 valence electrons. The van der Waals surface area contributed by atoms with Gasteiger partial charge in [0.15, 0.2) is 11.5 Å². The van der Waals surface area contributed by atoms with E-state index >= 15 is 0 Å². The Hall–Kier alpha value is -9.50. The number of urea groups is 1. The Labute approximate surface area is 439 Å². The molecule has 0 aliphatic carbocycles. The van der Waals surface area contributed by atoms with Gasteiger partial charge in [-0.3, -0.25) is 9.69 Å². The number of fused-ring (bicyclic) bond motifs is 8. The number of methoxy groups -OCH3 is 4. The number of hydrogen-bond donors (Lipinski definition) is 8. The van der Waals surface area contributed by atoms with Gasteiger partial charge in [0.05, 0.1) is 34.0 Å². The second kappa shape index (κ2) is 22.3. The first-order valence-corrected chi connectivity index (χ1v) is 24.8. The number of nitrogens with zero attached hydrogens (tertiary/aromatic N) is 1. The van der Waals surface area contributed by atoms with Gasteiger partial charge in [0, 0.05) is 101 Å². The molecule has 0 radical (unpaired) electrons. The van der Waals surface area contributed by atoms with Crippen LogP contribution in [0.2, 0.25) is 0 Å². The summed E-state index contributed by atoms with van der Waals surface area (Å²) in [6.45, 7) is 10.9. The maximum Gasteiger partial charge on any atom is 0.319 e. The van der Waals surface area contributed by atoms with Crippen LogP contribution in [0.4, 0.5) is 16.2 Å². The van der Waals surface area contributed by atoms with Crippen molar-refractivity contribution in [3.63, 3.8) is 0 Å². The summed E-state index contributed by atoms with van der Waals surface area (Å²) >= 11 is 0. The number of ether oxygens (including phenoxy) is 4. The summed E-state index contributed by atoms with van der Waals surface area (Å²) in [5.41, 5.74) is 21.1. The van der Waals surface area contributed by atoms with Crippen molar-refractivity contribution < 1.29 is 28.5 Å². The van der Waals surface area contributed by atoms with E-state index in [1.807, 2.05) is 125 Å². The van der Waals surface area contributed by atoms with Crippen molar-refractivity contribution in [3.8, 4) is 23.0 Å². The lowest BCUT2D eigenvalue weighted by Gasteiger charge is -2.13. The van der Waals surface area contributed by atoms with E-state index in [1.54, 1.807) is 33.3 Å². The third kappa shape index (κ3) is 11.2. The van der Waals surface area contributed by atoms with Gasteiger partial charge in [-0.2, -0.15) is 0 Å². The number of aromatic nitrogens is 6. The molecule has 0 saturated heterocycles. The average molecular weight is 1020 g/mol. The van der Waals surface area contributed by atoms with Gasteiger partial charge in [-0.15, -0.1) is 0 Å². The lowest BCUT2D eigenvalue weighted by atomic mass is 10.1. The minimum atomic E-state index is -0.370. The highest BCUT2D eigenvalue weighted by Gasteiger charge is 2.25. The molecule has 0 spiro atoms. The SMILES string of the molecule is COc1cc2cc(C)[nH]c2c(OC)c1OC.COc1ccc2[nH]c(C)cc2c1.Cc1cc2c3c(ccc2[nH]1)N(C(N)=O)CC3.Cc1cc2cc(NC(=O)c3cc4ccccc4[nH]3)ccc2[nH]1.Cc1cc2ccccc2[nH]1. The number of anilines is 2. The van der Waals surface area contributed by atoms with Gasteiger partial charge in [0.2, 0.25) is 5.75 Å². The van der Waals surface area contributed by atoms with E-state index in [2.05, 4.69) is 84.6 Å². The molecule has 0 fully saturated rings. The summed E-state index contributed by atoms with van der Waals surface area (Å²) in [7, 11) is 6.51. The molecule has 0 bridgehead atoms. The Kier molecular flexibility index (Phi) is 15.1. The average Bonchev–Trinajstić information content (AvgIpc) is 4.30. The van der Waals surface area contributed by atoms with E-state index in [1.165, 1.54) is 38.6 Å². The van der Waals surface area contributed by atoms with Crippen molar-refractivity contribution in [2.45, 2.75) is 41.0 Å². The van der Waals surface area contributed by atoms with E-state index in [9.17, 15) is 9.59 Å². The number of nitrogens with two attached hydrogens (primary N) is 1. The normalized spacial score (nSPS) is 11.5. The number of aromatic amines is 6. The van der Waals surface area contributed by atoms with Crippen LogP contribution in [0.3, 0.4) is 0 Å². The van der Waals surface area contributed by atoms with Gasteiger partial charge in [-0.1, -0.05) is 36.4 Å². The third-order valence-corrected chi connectivity index (χ3v) is 13.1. The predicted octanol–water partition coefficient (Wildman–Crippen LogP) is 13.6. The number of aryl methyl sites for hydroxylation is 5. The van der Waals surface area contributed by atoms with E-state index in [0.717, 1.165) is 84.4 Å². The van der Waals surface area contributed by atoms with Crippen LogP contribution in [0.1, 0.15) is 44.5 Å². The smallest absolute Gasteiger partial charge is 0.319 e. The number of carbonyl (C=O) groups is 2. The molecule has 1 aliphatic rings. The molecule has 15 heteroatoms. The van der Waals surface area contributed by atoms with Crippen LogP contribution in [0.5, 0.6) is 23.0 Å². The molecule has 0 saturated carbocycles. The molecular weight excluding hydrogens is 955 g/mol. The summed E-state index contributed by atoms with van der Waals surface area (Å²) in [6.07, 6.45) is 0.882. The fraction of sp³-hybridized carbons (Fsp3) is 0.180. The molecule has 76 heavy (non-hydrogen) atoms. The van der Waals surface area contributed by atoms with Crippen molar-refractivity contribution in [2.24, 2.45) is 5.73 Å². The van der Waals surface area contributed by atoms with E-state index < -0.39 is 0 Å². The molecule has 6 aromatic heterocycles. The number of nitrogens with one attached hydrogen (secondary N) is 7. The molecule has 9 N–H and O–H groups in total. The maximum absolute atomic E-state index is 12.4. The second-order valence-corrected chi connectivity index (χ2v) is 18.7. The number of para-hydroxylation sites is 2. The first-order chi connectivity index (χ1) is 36.7. The van der Waals surface area contributed by atoms with E-state index in [4.69, 9.17) is 24.7 Å². The molecular formula is C61H63N9O6. The molecule has 13 rings (SSSR count). The van der Waals surface area contributed by atoms with Crippen molar-refractivity contribution in [1.29, 1.82) is 0 Å². The number of H-pyrrole nitrogens is 6. The van der Waals surface area contributed by atoms with Gasteiger partial charge >= 0.3 is 6.03 Å². The first kappa shape index (κ1) is 51.4.